The molecule has 1 aromatic heterocycles. The molecule has 152 valence electrons. The minimum atomic E-state index is 0.222. The van der Waals surface area contributed by atoms with Gasteiger partial charge in [-0.05, 0) is 45.4 Å². The Labute approximate surface area is 167 Å². The molecular weight excluding hydrogens is 354 g/mol. The number of aliphatic imine (C=N–C) groups is 1. The summed E-state index contributed by atoms with van der Waals surface area (Å²) in [6.45, 7) is 8.51. The zero-order valence-corrected chi connectivity index (χ0v) is 17.5. The molecule has 2 N–H and O–H groups in total. The Morgan fingerprint density at radius 2 is 2.14 bits per heavy atom. The molecule has 1 unspecified atom stereocenters. The average molecular weight is 386 g/mol. The van der Waals surface area contributed by atoms with Crippen LogP contribution in [-0.2, 0) is 19.5 Å². The first kappa shape index (κ1) is 20.0. The highest BCUT2D eigenvalue weighted by molar-refractivity contribution is 5.79. The molecule has 0 bridgehead atoms. The number of benzene rings is 1. The summed E-state index contributed by atoms with van der Waals surface area (Å²) in [6.07, 6.45) is 2.12. The van der Waals surface area contributed by atoms with Gasteiger partial charge in [-0.2, -0.15) is 5.10 Å². The molecule has 1 atom stereocenters. The Morgan fingerprint density at radius 1 is 1.32 bits per heavy atom. The average Bonchev–Trinajstić information content (AvgIpc) is 3.19. The van der Waals surface area contributed by atoms with Gasteiger partial charge >= 0.3 is 0 Å². The summed E-state index contributed by atoms with van der Waals surface area (Å²) in [7, 11) is 3.48. The van der Waals surface area contributed by atoms with Crippen LogP contribution in [0.4, 0.5) is 0 Å². The maximum atomic E-state index is 5.88. The lowest BCUT2D eigenvalue weighted by atomic mass is 10.1. The summed E-state index contributed by atoms with van der Waals surface area (Å²) in [6, 6.07) is 6.25. The van der Waals surface area contributed by atoms with Crippen molar-refractivity contribution in [2.24, 2.45) is 4.99 Å². The third-order valence-electron chi connectivity index (χ3n) is 4.91. The first-order chi connectivity index (χ1) is 13.5. The minimum absolute atomic E-state index is 0.222. The van der Waals surface area contributed by atoms with E-state index in [4.69, 9.17) is 9.47 Å². The predicted octanol–water partition coefficient (Wildman–Crippen LogP) is 2.59. The van der Waals surface area contributed by atoms with Gasteiger partial charge in [0.1, 0.15) is 17.6 Å². The van der Waals surface area contributed by atoms with Crippen molar-refractivity contribution in [2.75, 3.05) is 20.7 Å². The zero-order chi connectivity index (χ0) is 20.1. The second-order valence-electron chi connectivity index (χ2n) is 7.26. The van der Waals surface area contributed by atoms with E-state index in [9.17, 15) is 0 Å². The monoisotopic (exact) mass is 385 g/mol. The van der Waals surface area contributed by atoms with E-state index in [1.165, 1.54) is 11.3 Å². The standard InChI is InChI=1S/C21H31N5O2/c1-14-9-15(2)26(25-14)8-6-7-23-21(22-4)24-13-18-12-20-17(10-16(3)28-20)11-19(18)27-5/h9,11-12,16H,6-8,10,13H2,1-5H3,(H2,22,23,24). The fraction of sp³-hybridized carbons (Fsp3) is 0.524. The van der Waals surface area contributed by atoms with Crippen LogP contribution in [0.1, 0.15) is 35.9 Å². The highest BCUT2D eigenvalue weighted by Crippen LogP contribution is 2.34. The van der Waals surface area contributed by atoms with Crippen LogP contribution in [0, 0.1) is 13.8 Å². The van der Waals surface area contributed by atoms with E-state index in [1.807, 2.05) is 11.6 Å². The molecule has 0 fully saturated rings. The van der Waals surface area contributed by atoms with E-state index in [0.717, 1.165) is 54.6 Å². The number of fused-ring (bicyclic) bond motifs is 1. The number of hydrogen-bond acceptors (Lipinski definition) is 4. The summed E-state index contributed by atoms with van der Waals surface area (Å²) in [4.78, 5) is 4.31. The maximum absolute atomic E-state index is 5.88. The van der Waals surface area contributed by atoms with E-state index >= 15 is 0 Å². The number of methoxy groups -OCH3 is 1. The minimum Gasteiger partial charge on any atom is -0.496 e. The molecule has 0 amide bonds. The van der Waals surface area contributed by atoms with E-state index < -0.39 is 0 Å². The molecule has 0 aliphatic carbocycles. The first-order valence-corrected chi connectivity index (χ1v) is 9.82. The summed E-state index contributed by atoms with van der Waals surface area (Å²) in [5.74, 6) is 2.60. The Kier molecular flexibility index (Phi) is 6.44. The van der Waals surface area contributed by atoms with Crippen LogP contribution >= 0.6 is 0 Å². The third-order valence-corrected chi connectivity index (χ3v) is 4.91. The summed E-state index contributed by atoms with van der Waals surface area (Å²) >= 11 is 0. The van der Waals surface area contributed by atoms with Gasteiger partial charge in [0.05, 0.1) is 12.8 Å². The van der Waals surface area contributed by atoms with Gasteiger partial charge < -0.3 is 20.1 Å². The van der Waals surface area contributed by atoms with Gasteiger partial charge in [-0.25, -0.2) is 0 Å². The van der Waals surface area contributed by atoms with Crippen molar-refractivity contribution in [1.82, 2.24) is 20.4 Å². The predicted molar refractivity (Wildman–Crippen MR) is 111 cm³/mol. The molecule has 1 aliphatic rings. The van der Waals surface area contributed by atoms with E-state index in [1.54, 1.807) is 14.2 Å². The van der Waals surface area contributed by atoms with Crippen molar-refractivity contribution < 1.29 is 9.47 Å². The second-order valence-corrected chi connectivity index (χ2v) is 7.26. The number of hydrogen-bond donors (Lipinski definition) is 2. The molecule has 2 heterocycles. The van der Waals surface area contributed by atoms with Crippen molar-refractivity contribution in [2.45, 2.75) is 52.8 Å². The lowest BCUT2D eigenvalue weighted by Gasteiger charge is -2.15. The molecule has 7 heteroatoms. The molecule has 0 saturated carbocycles. The SMILES string of the molecule is CN=C(NCCCn1nc(C)cc1C)NCc1cc2c(cc1OC)CC(C)O2. The van der Waals surface area contributed by atoms with Crippen LogP contribution < -0.4 is 20.1 Å². The molecule has 3 rings (SSSR count). The Morgan fingerprint density at radius 3 is 2.82 bits per heavy atom. The van der Waals surface area contributed by atoms with Gasteiger partial charge in [0.15, 0.2) is 5.96 Å². The largest absolute Gasteiger partial charge is 0.496 e. The van der Waals surface area contributed by atoms with Crippen molar-refractivity contribution >= 4 is 5.96 Å². The Hall–Kier alpha value is -2.70. The number of ether oxygens (including phenoxy) is 2. The van der Waals surface area contributed by atoms with E-state index in [2.05, 4.69) is 52.8 Å². The van der Waals surface area contributed by atoms with Gasteiger partial charge in [-0.3, -0.25) is 9.67 Å². The molecule has 0 saturated heterocycles. The number of rotatable bonds is 7. The van der Waals surface area contributed by atoms with E-state index in [0.29, 0.717) is 6.54 Å². The fourth-order valence-corrected chi connectivity index (χ4v) is 3.55. The lowest BCUT2D eigenvalue weighted by molar-refractivity contribution is 0.254. The number of aryl methyl sites for hydroxylation is 3. The Bertz CT molecular complexity index is 844. The molecule has 0 spiro atoms. The van der Waals surface area contributed by atoms with E-state index in [-0.39, 0.29) is 6.10 Å². The van der Waals surface area contributed by atoms with Gasteiger partial charge in [-0.15, -0.1) is 0 Å². The van der Waals surface area contributed by atoms with Crippen LogP contribution in [0.3, 0.4) is 0 Å². The molecular formula is C21H31N5O2. The fourth-order valence-electron chi connectivity index (χ4n) is 3.55. The van der Waals surface area contributed by atoms with Crippen LogP contribution in [0.5, 0.6) is 11.5 Å². The van der Waals surface area contributed by atoms with Crippen LogP contribution in [-0.4, -0.2) is 42.5 Å². The summed E-state index contributed by atoms with van der Waals surface area (Å²) in [5, 5.41) is 11.2. The molecule has 1 aliphatic heterocycles. The maximum Gasteiger partial charge on any atom is 0.191 e. The van der Waals surface area contributed by atoms with Gasteiger partial charge in [0, 0.05) is 49.9 Å². The van der Waals surface area contributed by atoms with Crippen LogP contribution in [0.25, 0.3) is 0 Å². The third kappa shape index (κ3) is 4.77. The topological polar surface area (TPSA) is 72.7 Å². The van der Waals surface area contributed by atoms with Crippen LogP contribution in [0.2, 0.25) is 0 Å². The highest BCUT2D eigenvalue weighted by Gasteiger charge is 2.21. The van der Waals surface area contributed by atoms with Crippen molar-refractivity contribution in [1.29, 1.82) is 0 Å². The smallest absolute Gasteiger partial charge is 0.191 e. The molecule has 2 aromatic rings. The number of nitrogens with zero attached hydrogens (tertiary/aromatic N) is 3. The highest BCUT2D eigenvalue weighted by atomic mass is 16.5. The molecule has 7 nitrogen and oxygen atoms in total. The number of nitrogens with one attached hydrogen (secondary N) is 2. The summed E-state index contributed by atoms with van der Waals surface area (Å²) in [5.41, 5.74) is 4.52. The quantitative estimate of drug-likeness (QED) is 0.435. The van der Waals surface area contributed by atoms with Crippen molar-refractivity contribution in [3.63, 3.8) is 0 Å². The normalized spacial score (nSPS) is 15.9. The second kappa shape index (κ2) is 8.99. The number of guanidine groups is 1. The molecule has 28 heavy (non-hydrogen) atoms. The molecule has 1 aromatic carbocycles. The number of aromatic nitrogens is 2. The van der Waals surface area contributed by atoms with Gasteiger partial charge in [-0.1, -0.05) is 0 Å². The van der Waals surface area contributed by atoms with Gasteiger partial charge in [0.25, 0.3) is 0 Å². The zero-order valence-electron chi connectivity index (χ0n) is 17.5. The Balaban J connectivity index is 1.50. The molecule has 0 radical (unpaired) electrons. The van der Waals surface area contributed by atoms with Gasteiger partial charge in [0.2, 0.25) is 0 Å². The van der Waals surface area contributed by atoms with Crippen LogP contribution in [0.15, 0.2) is 23.2 Å². The summed E-state index contributed by atoms with van der Waals surface area (Å²) < 4.78 is 13.5. The first-order valence-electron chi connectivity index (χ1n) is 9.82. The van der Waals surface area contributed by atoms with Crippen molar-refractivity contribution in [3.8, 4) is 11.5 Å². The lowest BCUT2D eigenvalue weighted by Crippen LogP contribution is -2.37. The van der Waals surface area contributed by atoms with Crippen molar-refractivity contribution in [3.05, 3.63) is 40.7 Å².